The Morgan fingerprint density at radius 2 is 2.11 bits per heavy atom. The van der Waals surface area contributed by atoms with Gasteiger partial charge in [0.15, 0.2) is 0 Å². The van der Waals surface area contributed by atoms with Gasteiger partial charge in [-0.3, -0.25) is 9.78 Å². The third kappa shape index (κ3) is 2.92. The summed E-state index contributed by atoms with van der Waals surface area (Å²) in [4.78, 5) is 27.3. The number of amides is 1. The Kier molecular flexibility index (Phi) is 3.69. The van der Waals surface area contributed by atoms with Gasteiger partial charge in [0.25, 0.3) is 5.91 Å². The Labute approximate surface area is 107 Å². The lowest BCUT2D eigenvalue weighted by molar-refractivity contribution is 0.0696. The van der Waals surface area contributed by atoms with Crippen LogP contribution in [0.4, 0.5) is 0 Å². The molecule has 5 nitrogen and oxygen atoms in total. The first-order valence-electron chi connectivity index (χ1n) is 5.16. The van der Waals surface area contributed by atoms with Gasteiger partial charge in [0, 0.05) is 17.3 Å². The summed E-state index contributed by atoms with van der Waals surface area (Å²) in [5, 5.41) is 13.4. The minimum absolute atomic E-state index is 0.00114. The fourth-order valence-corrected chi connectivity index (χ4v) is 2.01. The van der Waals surface area contributed by atoms with E-state index in [0.717, 1.165) is 4.88 Å². The Hall–Kier alpha value is -2.21. The highest BCUT2D eigenvalue weighted by Crippen LogP contribution is 2.08. The molecular formula is C12H10N2O3S. The van der Waals surface area contributed by atoms with Crippen LogP contribution in [0.3, 0.4) is 0 Å². The zero-order chi connectivity index (χ0) is 13.0. The smallest absolute Gasteiger partial charge is 0.337 e. The van der Waals surface area contributed by atoms with Gasteiger partial charge in [0.05, 0.1) is 17.7 Å². The van der Waals surface area contributed by atoms with E-state index >= 15 is 0 Å². The summed E-state index contributed by atoms with van der Waals surface area (Å²) in [6, 6.07) is 5.12. The van der Waals surface area contributed by atoms with Gasteiger partial charge in [0.1, 0.15) is 0 Å². The van der Waals surface area contributed by atoms with Crippen molar-refractivity contribution in [2.24, 2.45) is 0 Å². The minimum Gasteiger partial charge on any atom is -0.478 e. The van der Waals surface area contributed by atoms with Gasteiger partial charge in [-0.15, -0.1) is 11.3 Å². The fraction of sp³-hybridized carbons (Fsp3) is 0.0833. The molecule has 0 saturated heterocycles. The Morgan fingerprint density at radius 1 is 1.33 bits per heavy atom. The van der Waals surface area contributed by atoms with Crippen LogP contribution in [-0.2, 0) is 6.54 Å². The van der Waals surface area contributed by atoms with Gasteiger partial charge in [-0.25, -0.2) is 4.79 Å². The number of carboxylic acid groups (broad SMARTS) is 1. The second kappa shape index (κ2) is 5.42. The SMILES string of the molecule is O=C(O)c1cncc(C(=O)NCc2cccs2)c1. The number of aromatic nitrogens is 1. The van der Waals surface area contributed by atoms with Crippen LogP contribution >= 0.6 is 11.3 Å². The number of carbonyl (C=O) groups is 2. The third-order valence-corrected chi connectivity index (χ3v) is 3.13. The van der Waals surface area contributed by atoms with E-state index in [2.05, 4.69) is 10.3 Å². The monoisotopic (exact) mass is 262 g/mol. The molecule has 0 aliphatic carbocycles. The van der Waals surface area contributed by atoms with Crippen LogP contribution in [0.15, 0.2) is 36.0 Å². The van der Waals surface area contributed by atoms with Crippen molar-refractivity contribution in [3.8, 4) is 0 Å². The summed E-state index contributed by atoms with van der Waals surface area (Å²) in [6.07, 6.45) is 2.55. The van der Waals surface area contributed by atoms with Gasteiger partial charge in [-0.2, -0.15) is 0 Å². The fourth-order valence-electron chi connectivity index (χ4n) is 1.36. The third-order valence-electron chi connectivity index (χ3n) is 2.25. The maximum atomic E-state index is 11.8. The molecule has 1 amide bonds. The molecule has 2 heterocycles. The summed E-state index contributed by atoms with van der Waals surface area (Å²) < 4.78 is 0. The number of nitrogens with one attached hydrogen (secondary N) is 1. The molecule has 0 aliphatic heterocycles. The second-order valence-corrected chi connectivity index (χ2v) is 4.56. The van der Waals surface area contributed by atoms with Crippen LogP contribution in [0.2, 0.25) is 0 Å². The summed E-state index contributed by atoms with van der Waals surface area (Å²) >= 11 is 1.54. The van der Waals surface area contributed by atoms with Crippen molar-refractivity contribution in [3.05, 3.63) is 52.0 Å². The summed E-state index contributed by atoms with van der Waals surface area (Å²) in [7, 11) is 0. The van der Waals surface area contributed by atoms with E-state index < -0.39 is 5.97 Å². The first-order valence-corrected chi connectivity index (χ1v) is 6.03. The van der Waals surface area contributed by atoms with E-state index in [1.165, 1.54) is 18.5 Å². The number of aromatic carboxylic acids is 1. The summed E-state index contributed by atoms with van der Waals surface area (Å²) in [5.74, 6) is -1.44. The molecule has 0 radical (unpaired) electrons. The highest BCUT2D eigenvalue weighted by atomic mass is 32.1. The average Bonchev–Trinajstić information content (AvgIpc) is 2.89. The molecule has 2 aromatic rings. The van der Waals surface area contributed by atoms with Crippen LogP contribution in [0.1, 0.15) is 25.6 Å². The molecule has 0 saturated carbocycles. The van der Waals surface area contributed by atoms with Crippen LogP contribution in [-0.4, -0.2) is 22.0 Å². The van der Waals surface area contributed by atoms with E-state index in [9.17, 15) is 9.59 Å². The molecule has 2 aromatic heterocycles. The predicted octanol–water partition coefficient (Wildman–Crippen LogP) is 1.77. The topological polar surface area (TPSA) is 79.3 Å². The largest absolute Gasteiger partial charge is 0.478 e. The lowest BCUT2D eigenvalue weighted by atomic mass is 10.2. The molecular weight excluding hydrogens is 252 g/mol. The van der Waals surface area contributed by atoms with E-state index in [-0.39, 0.29) is 17.0 Å². The number of rotatable bonds is 4. The lowest BCUT2D eigenvalue weighted by Gasteiger charge is -2.03. The number of nitrogens with zero attached hydrogens (tertiary/aromatic N) is 1. The van der Waals surface area contributed by atoms with Crippen molar-refractivity contribution < 1.29 is 14.7 Å². The Morgan fingerprint density at radius 3 is 2.78 bits per heavy atom. The first kappa shape index (κ1) is 12.3. The summed E-state index contributed by atoms with van der Waals surface area (Å²) in [5.41, 5.74) is 0.241. The van der Waals surface area contributed by atoms with Gasteiger partial charge >= 0.3 is 5.97 Å². The van der Waals surface area contributed by atoms with Gasteiger partial charge in [-0.05, 0) is 17.5 Å². The standard InChI is InChI=1S/C12H10N2O3S/c15-11(14-7-10-2-1-3-18-10)8-4-9(12(16)17)6-13-5-8/h1-6H,7H2,(H,14,15)(H,16,17). The molecule has 0 bridgehead atoms. The molecule has 2 rings (SSSR count). The van der Waals surface area contributed by atoms with Gasteiger partial charge in [-0.1, -0.05) is 6.07 Å². The van der Waals surface area contributed by atoms with Crippen LogP contribution in [0, 0.1) is 0 Å². The number of hydrogen-bond acceptors (Lipinski definition) is 4. The average molecular weight is 262 g/mol. The van der Waals surface area contributed by atoms with Gasteiger partial charge in [0.2, 0.25) is 0 Å². The molecule has 18 heavy (non-hydrogen) atoms. The van der Waals surface area contributed by atoms with Crippen molar-refractivity contribution >= 4 is 23.2 Å². The molecule has 6 heteroatoms. The number of carboxylic acids is 1. The zero-order valence-electron chi connectivity index (χ0n) is 9.29. The van der Waals surface area contributed by atoms with E-state index in [1.807, 2.05) is 17.5 Å². The number of hydrogen-bond donors (Lipinski definition) is 2. The first-order chi connectivity index (χ1) is 8.66. The van der Waals surface area contributed by atoms with Crippen LogP contribution < -0.4 is 5.32 Å². The molecule has 0 aliphatic rings. The normalized spacial score (nSPS) is 10.0. The number of carbonyl (C=O) groups excluding carboxylic acids is 1. The number of thiophene rings is 1. The molecule has 0 atom stereocenters. The van der Waals surface area contributed by atoms with Gasteiger partial charge < -0.3 is 10.4 Å². The molecule has 0 spiro atoms. The van der Waals surface area contributed by atoms with Crippen LogP contribution in [0.5, 0.6) is 0 Å². The molecule has 92 valence electrons. The maximum absolute atomic E-state index is 11.8. The Bertz CT molecular complexity index is 566. The molecule has 0 unspecified atom stereocenters. The number of pyridine rings is 1. The van der Waals surface area contributed by atoms with E-state index in [0.29, 0.717) is 6.54 Å². The molecule has 0 aromatic carbocycles. The summed E-state index contributed by atoms with van der Waals surface area (Å²) in [6.45, 7) is 0.424. The van der Waals surface area contributed by atoms with Crippen molar-refractivity contribution in [2.45, 2.75) is 6.54 Å². The van der Waals surface area contributed by atoms with Crippen molar-refractivity contribution in [2.75, 3.05) is 0 Å². The second-order valence-electron chi connectivity index (χ2n) is 3.53. The van der Waals surface area contributed by atoms with E-state index in [4.69, 9.17) is 5.11 Å². The Balaban J connectivity index is 2.04. The minimum atomic E-state index is -1.10. The highest BCUT2D eigenvalue weighted by molar-refractivity contribution is 7.09. The van der Waals surface area contributed by atoms with Crippen molar-refractivity contribution in [1.82, 2.24) is 10.3 Å². The zero-order valence-corrected chi connectivity index (χ0v) is 10.1. The highest BCUT2D eigenvalue weighted by Gasteiger charge is 2.10. The van der Waals surface area contributed by atoms with E-state index in [1.54, 1.807) is 11.3 Å². The quantitative estimate of drug-likeness (QED) is 0.880. The van der Waals surface area contributed by atoms with Crippen LogP contribution in [0.25, 0.3) is 0 Å². The van der Waals surface area contributed by atoms with Crippen molar-refractivity contribution in [3.63, 3.8) is 0 Å². The lowest BCUT2D eigenvalue weighted by Crippen LogP contribution is -2.22. The molecule has 0 fully saturated rings. The maximum Gasteiger partial charge on any atom is 0.337 e. The van der Waals surface area contributed by atoms with Crippen molar-refractivity contribution in [1.29, 1.82) is 0 Å². The molecule has 2 N–H and O–H groups in total. The predicted molar refractivity (Wildman–Crippen MR) is 66.7 cm³/mol.